The first-order chi connectivity index (χ1) is 11.6. The van der Waals surface area contributed by atoms with Crippen molar-refractivity contribution in [2.24, 2.45) is 0 Å². The number of benzene rings is 2. The molecule has 1 N–H and O–H groups in total. The Morgan fingerprint density at radius 3 is 2.44 bits per heavy atom. The quantitative estimate of drug-likeness (QED) is 0.657. The normalized spacial score (nSPS) is 10.4. The van der Waals surface area contributed by atoms with Crippen molar-refractivity contribution in [1.29, 1.82) is 0 Å². The first kappa shape index (κ1) is 21.4. The monoisotopic (exact) mass is 384 g/mol. The predicted octanol–water partition coefficient (Wildman–Crippen LogP) is 4.89. The minimum atomic E-state index is -0.531. The highest BCUT2D eigenvalue weighted by Gasteiger charge is 2.17. The molecular weight excluding hydrogens is 362 g/mol. The van der Waals surface area contributed by atoms with Crippen LogP contribution in [-0.4, -0.2) is 36.9 Å². The van der Waals surface area contributed by atoms with Crippen molar-refractivity contribution in [2.75, 3.05) is 31.5 Å². The van der Waals surface area contributed by atoms with Crippen LogP contribution in [0.25, 0.3) is 0 Å². The van der Waals surface area contributed by atoms with Crippen LogP contribution in [0.2, 0.25) is 5.02 Å². The number of carbonyl (C=O) groups is 1. The standard InChI is InChI=1S/C19H22ClFN2O.ClH/c1-3-23(4-2)12-11-22-18-10-9-14(20)13-16(18)19(24)15-7-5-6-8-17(15)21;/h5-10,13,22H,3-4,11-12H2,1-2H3;1H. The molecular formula is C19H23Cl2FN2O. The molecule has 0 spiro atoms. The van der Waals surface area contributed by atoms with Gasteiger partial charge in [-0.15, -0.1) is 12.4 Å². The number of nitrogens with zero attached hydrogens (tertiary/aromatic N) is 1. The highest BCUT2D eigenvalue weighted by Crippen LogP contribution is 2.24. The Hall–Kier alpha value is -1.62. The molecule has 136 valence electrons. The van der Waals surface area contributed by atoms with E-state index in [0.29, 0.717) is 22.8 Å². The van der Waals surface area contributed by atoms with E-state index in [1.54, 1.807) is 30.3 Å². The Labute approximate surface area is 159 Å². The number of likely N-dealkylation sites (N-methyl/N-ethyl adjacent to an activating group) is 1. The molecule has 0 aliphatic carbocycles. The van der Waals surface area contributed by atoms with Crippen LogP contribution in [0.3, 0.4) is 0 Å². The van der Waals surface area contributed by atoms with Crippen LogP contribution in [0.4, 0.5) is 10.1 Å². The molecule has 6 heteroatoms. The summed E-state index contributed by atoms with van der Waals surface area (Å²) < 4.78 is 13.9. The number of halogens is 3. The SMILES string of the molecule is CCN(CC)CCNc1ccc(Cl)cc1C(=O)c1ccccc1F.Cl. The van der Waals surface area contributed by atoms with Crippen molar-refractivity contribution >= 4 is 35.5 Å². The molecule has 0 aliphatic heterocycles. The van der Waals surface area contributed by atoms with E-state index < -0.39 is 5.82 Å². The van der Waals surface area contributed by atoms with E-state index in [9.17, 15) is 9.18 Å². The highest BCUT2D eigenvalue weighted by molar-refractivity contribution is 6.31. The molecule has 0 bridgehead atoms. The summed E-state index contributed by atoms with van der Waals surface area (Å²) in [4.78, 5) is 15.0. The molecule has 2 aromatic carbocycles. The van der Waals surface area contributed by atoms with E-state index in [4.69, 9.17) is 11.6 Å². The molecule has 2 rings (SSSR count). The van der Waals surface area contributed by atoms with Gasteiger partial charge >= 0.3 is 0 Å². The fourth-order valence-electron chi connectivity index (χ4n) is 2.54. The zero-order chi connectivity index (χ0) is 17.5. The number of hydrogen-bond donors (Lipinski definition) is 1. The second-order valence-electron chi connectivity index (χ2n) is 5.45. The van der Waals surface area contributed by atoms with Crippen molar-refractivity contribution < 1.29 is 9.18 Å². The fourth-order valence-corrected chi connectivity index (χ4v) is 2.71. The van der Waals surface area contributed by atoms with Gasteiger partial charge in [-0.1, -0.05) is 37.6 Å². The molecule has 0 aromatic heterocycles. The number of anilines is 1. The predicted molar refractivity (Wildman–Crippen MR) is 105 cm³/mol. The van der Waals surface area contributed by atoms with Crippen LogP contribution in [0, 0.1) is 5.82 Å². The minimum absolute atomic E-state index is 0. The second-order valence-corrected chi connectivity index (χ2v) is 5.89. The van der Waals surface area contributed by atoms with Crippen LogP contribution >= 0.6 is 24.0 Å². The van der Waals surface area contributed by atoms with Gasteiger partial charge in [0.25, 0.3) is 0 Å². The van der Waals surface area contributed by atoms with Gasteiger partial charge in [-0.3, -0.25) is 4.79 Å². The average Bonchev–Trinajstić information content (AvgIpc) is 2.59. The second kappa shape index (κ2) is 10.4. The zero-order valence-electron chi connectivity index (χ0n) is 14.4. The van der Waals surface area contributed by atoms with Crippen molar-refractivity contribution in [2.45, 2.75) is 13.8 Å². The zero-order valence-corrected chi connectivity index (χ0v) is 16.0. The van der Waals surface area contributed by atoms with E-state index in [0.717, 1.165) is 19.6 Å². The van der Waals surface area contributed by atoms with Gasteiger partial charge < -0.3 is 10.2 Å². The molecule has 0 aliphatic rings. The van der Waals surface area contributed by atoms with Gasteiger partial charge in [0.2, 0.25) is 0 Å². The average molecular weight is 385 g/mol. The summed E-state index contributed by atoms with van der Waals surface area (Å²) in [5, 5.41) is 3.71. The van der Waals surface area contributed by atoms with Gasteiger partial charge in [-0.05, 0) is 43.4 Å². The molecule has 0 atom stereocenters. The maximum Gasteiger partial charge on any atom is 0.198 e. The Morgan fingerprint density at radius 1 is 1.12 bits per heavy atom. The summed E-state index contributed by atoms with van der Waals surface area (Å²) in [5.41, 5.74) is 1.10. The van der Waals surface area contributed by atoms with Crippen molar-refractivity contribution in [3.05, 3.63) is 64.4 Å². The Morgan fingerprint density at radius 2 is 1.80 bits per heavy atom. The number of nitrogens with one attached hydrogen (secondary N) is 1. The summed E-state index contributed by atoms with van der Waals surface area (Å²) in [7, 11) is 0. The number of carbonyl (C=O) groups excluding carboxylic acids is 1. The third-order valence-corrected chi connectivity index (χ3v) is 4.22. The largest absolute Gasteiger partial charge is 0.383 e. The van der Waals surface area contributed by atoms with Crippen LogP contribution < -0.4 is 5.32 Å². The van der Waals surface area contributed by atoms with Crippen molar-refractivity contribution in [3.8, 4) is 0 Å². The Kier molecular flexibility index (Phi) is 8.90. The van der Waals surface area contributed by atoms with E-state index in [-0.39, 0.29) is 23.8 Å². The Balaban J connectivity index is 0.00000312. The van der Waals surface area contributed by atoms with Gasteiger partial charge in [-0.2, -0.15) is 0 Å². The van der Waals surface area contributed by atoms with Gasteiger partial charge in [0.1, 0.15) is 5.82 Å². The van der Waals surface area contributed by atoms with E-state index in [1.165, 1.54) is 12.1 Å². The van der Waals surface area contributed by atoms with Crippen LogP contribution in [0.5, 0.6) is 0 Å². The van der Waals surface area contributed by atoms with Crippen molar-refractivity contribution in [1.82, 2.24) is 4.90 Å². The third-order valence-electron chi connectivity index (χ3n) is 3.98. The van der Waals surface area contributed by atoms with Gasteiger partial charge in [-0.25, -0.2) is 4.39 Å². The fraction of sp³-hybridized carbons (Fsp3) is 0.316. The minimum Gasteiger partial charge on any atom is -0.383 e. The number of rotatable bonds is 8. The first-order valence-corrected chi connectivity index (χ1v) is 8.49. The van der Waals surface area contributed by atoms with Gasteiger partial charge in [0.15, 0.2) is 5.78 Å². The van der Waals surface area contributed by atoms with Crippen molar-refractivity contribution in [3.63, 3.8) is 0 Å². The molecule has 25 heavy (non-hydrogen) atoms. The number of ketones is 1. The summed E-state index contributed by atoms with van der Waals surface area (Å²) in [6.45, 7) is 7.72. The molecule has 0 amide bonds. The lowest BCUT2D eigenvalue weighted by Crippen LogP contribution is -2.28. The summed E-state index contributed by atoms with van der Waals surface area (Å²) >= 11 is 6.04. The maximum atomic E-state index is 13.9. The molecule has 0 unspecified atom stereocenters. The lowest BCUT2D eigenvalue weighted by Gasteiger charge is -2.19. The molecule has 0 fully saturated rings. The smallest absolute Gasteiger partial charge is 0.198 e. The van der Waals surface area contributed by atoms with Gasteiger partial charge in [0.05, 0.1) is 5.56 Å². The van der Waals surface area contributed by atoms with Crippen LogP contribution in [-0.2, 0) is 0 Å². The van der Waals surface area contributed by atoms with E-state index in [1.807, 2.05) is 0 Å². The molecule has 0 saturated heterocycles. The summed E-state index contributed by atoms with van der Waals surface area (Å²) in [5.74, 6) is -0.905. The lowest BCUT2D eigenvalue weighted by atomic mass is 10.0. The first-order valence-electron chi connectivity index (χ1n) is 8.11. The summed E-state index contributed by atoms with van der Waals surface area (Å²) in [6.07, 6.45) is 0. The highest BCUT2D eigenvalue weighted by atomic mass is 35.5. The lowest BCUT2D eigenvalue weighted by molar-refractivity contribution is 0.103. The molecule has 3 nitrogen and oxygen atoms in total. The van der Waals surface area contributed by atoms with E-state index in [2.05, 4.69) is 24.1 Å². The topological polar surface area (TPSA) is 32.3 Å². The van der Waals surface area contributed by atoms with Crippen LogP contribution in [0.15, 0.2) is 42.5 Å². The Bertz CT molecular complexity index is 706. The third kappa shape index (κ3) is 5.70. The van der Waals surface area contributed by atoms with E-state index >= 15 is 0 Å². The van der Waals surface area contributed by atoms with Crippen LogP contribution in [0.1, 0.15) is 29.8 Å². The number of hydrogen-bond acceptors (Lipinski definition) is 3. The molecule has 0 saturated carbocycles. The molecule has 0 radical (unpaired) electrons. The molecule has 0 heterocycles. The maximum absolute atomic E-state index is 13.9. The summed E-state index contributed by atoms with van der Waals surface area (Å²) in [6, 6.07) is 11.0. The molecule has 2 aromatic rings. The van der Waals surface area contributed by atoms with Gasteiger partial charge in [0, 0.05) is 29.4 Å².